The molecule has 1 aromatic carbocycles. The zero-order chi connectivity index (χ0) is 22.7. The third-order valence-corrected chi connectivity index (χ3v) is 6.74. The van der Waals surface area contributed by atoms with E-state index in [2.05, 4.69) is 10.6 Å². The Balaban J connectivity index is 1.45. The Bertz CT molecular complexity index is 1170. The summed E-state index contributed by atoms with van der Waals surface area (Å²) in [4.78, 5) is 37.9. The van der Waals surface area contributed by atoms with E-state index in [1.165, 1.54) is 22.0 Å². The number of hydrogen-bond acceptors (Lipinski definition) is 5. The molecule has 0 unspecified atom stereocenters. The van der Waals surface area contributed by atoms with Crippen molar-refractivity contribution in [3.05, 3.63) is 85.9 Å². The van der Waals surface area contributed by atoms with Crippen molar-refractivity contribution in [1.29, 1.82) is 0 Å². The fourth-order valence-corrected chi connectivity index (χ4v) is 4.79. The largest absolute Gasteiger partial charge is 0.381 e. The highest BCUT2D eigenvalue weighted by molar-refractivity contribution is 7.18. The Kier molecular flexibility index (Phi) is 6.74. The first kappa shape index (κ1) is 22.3. The molecule has 7 nitrogen and oxygen atoms in total. The third-order valence-electron chi connectivity index (χ3n) is 5.51. The molecule has 3 aromatic rings. The van der Waals surface area contributed by atoms with Crippen molar-refractivity contribution >= 4 is 34.8 Å². The smallest absolute Gasteiger partial charge is 0.261 e. The number of halogens is 1. The number of carbonyl (C=O) groups is 2. The Morgan fingerprint density at radius 2 is 1.69 bits per heavy atom. The van der Waals surface area contributed by atoms with Crippen molar-refractivity contribution in [1.82, 2.24) is 15.2 Å². The maximum atomic E-state index is 12.9. The van der Waals surface area contributed by atoms with Crippen molar-refractivity contribution in [2.24, 2.45) is 0 Å². The number of hydrogen-bond donors (Lipinski definition) is 2. The lowest BCUT2D eigenvalue weighted by atomic mass is 10.1. The molecule has 32 heavy (non-hydrogen) atoms. The number of nitrogens with one attached hydrogen (secondary N) is 2. The minimum absolute atomic E-state index is 0.0649. The number of thiophene rings is 1. The Morgan fingerprint density at radius 1 is 1.00 bits per heavy atom. The van der Waals surface area contributed by atoms with E-state index < -0.39 is 0 Å². The number of aromatic nitrogens is 1. The average molecular weight is 472 g/mol. The molecule has 2 amide bonds. The van der Waals surface area contributed by atoms with Gasteiger partial charge in [-0.3, -0.25) is 19.0 Å². The normalized spacial score (nSPS) is 20.1. The van der Waals surface area contributed by atoms with Gasteiger partial charge in [0.15, 0.2) is 0 Å². The second-order valence-corrected chi connectivity index (χ2v) is 9.26. The van der Waals surface area contributed by atoms with Gasteiger partial charge >= 0.3 is 0 Å². The molecule has 4 rings (SSSR count). The molecular formula is C23H22ClN3O4S. The SMILES string of the molecule is CO[C@H]1C[C@H](NC(=O)c2ccc(-n3ccccc3=O)cc2)[C@H](NC(=O)c2ccc(Cl)s2)C1. The van der Waals surface area contributed by atoms with Crippen LogP contribution in [0.5, 0.6) is 0 Å². The second kappa shape index (κ2) is 9.68. The van der Waals surface area contributed by atoms with Gasteiger partial charge in [-0.05, 0) is 55.3 Å². The fourth-order valence-electron chi connectivity index (χ4n) is 3.84. The Labute approximate surface area is 194 Å². The maximum Gasteiger partial charge on any atom is 0.261 e. The van der Waals surface area contributed by atoms with E-state index in [4.69, 9.17) is 16.3 Å². The van der Waals surface area contributed by atoms with E-state index in [9.17, 15) is 14.4 Å². The van der Waals surface area contributed by atoms with Crippen LogP contribution in [0.2, 0.25) is 4.34 Å². The zero-order valence-corrected chi connectivity index (χ0v) is 18.9. The Morgan fingerprint density at radius 3 is 2.28 bits per heavy atom. The lowest BCUT2D eigenvalue weighted by Gasteiger charge is -2.21. The summed E-state index contributed by atoms with van der Waals surface area (Å²) in [5.74, 6) is -0.474. The maximum absolute atomic E-state index is 12.9. The highest BCUT2D eigenvalue weighted by Gasteiger charge is 2.36. The molecule has 1 fully saturated rings. The van der Waals surface area contributed by atoms with Crippen molar-refractivity contribution in [2.75, 3.05) is 7.11 Å². The lowest BCUT2D eigenvalue weighted by Crippen LogP contribution is -2.48. The molecule has 1 saturated carbocycles. The van der Waals surface area contributed by atoms with E-state index >= 15 is 0 Å². The Hall–Kier alpha value is -2.94. The van der Waals surface area contributed by atoms with Gasteiger partial charge in [0.2, 0.25) is 0 Å². The number of benzene rings is 1. The summed E-state index contributed by atoms with van der Waals surface area (Å²) in [6.45, 7) is 0. The van der Waals surface area contributed by atoms with Crippen molar-refractivity contribution in [3.63, 3.8) is 0 Å². The fraction of sp³-hybridized carbons (Fsp3) is 0.261. The standard InChI is InChI=1S/C23H22ClN3O4S/c1-31-16-12-17(18(13-16)26-23(30)19-9-10-20(24)32-19)25-22(29)14-5-7-15(8-6-14)27-11-3-2-4-21(27)28/h2-11,16-18H,12-13H2,1H3,(H,25,29)(H,26,30)/t16-,17-,18+/m0/s1. The van der Waals surface area contributed by atoms with Crippen LogP contribution in [-0.2, 0) is 4.74 Å². The van der Waals surface area contributed by atoms with Gasteiger partial charge in [0.05, 0.1) is 27.4 Å². The van der Waals surface area contributed by atoms with Gasteiger partial charge in [-0.1, -0.05) is 17.7 Å². The zero-order valence-electron chi connectivity index (χ0n) is 17.3. The summed E-state index contributed by atoms with van der Waals surface area (Å²) >= 11 is 7.14. The number of rotatable bonds is 6. The summed E-state index contributed by atoms with van der Waals surface area (Å²) in [6.07, 6.45) is 2.80. The minimum atomic E-state index is -0.275. The predicted octanol–water partition coefficient (Wildman–Crippen LogP) is 3.26. The van der Waals surface area contributed by atoms with E-state index in [1.54, 1.807) is 61.8 Å². The number of carbonyl (C=O) groups excluding carboxylic acids is 2. The van der Waals surface area contributed by atoms with E-state index in [0.29, 0.717) is 33.3 Å². The summed E-state index contributed by atoms with van der Waals surface area (Å²) in [5.41, 5.74) is 0.993. The summed E-state index contributed by atoms with van der Waals surface area (Å²) < 4.78 is 7.52. The molecule has 0 spiro atoms. The number of ether oxygens (including phenoxy) is 1. The van der Waals surface area contributed by atoms with Gasteiger partial charge in [-0.2, -0.15) is 0 Å². The number of methoxy groups -OCH3 is 1. The van der Waals surface area contributed by atoms with Crippen LogP contribution in [0.3, 0.4) is 0 Å². The van der Waals surface area contributed by atoms with Crippen LogP contribution in [0.1, 0.15) is 32.9 Å². The lowest BCUT2D eigenvalue weighted by molar-refractivity contribution is 0.0894. The highest BCUT2D eigenvalue weighted by atomic mass is 35.5. The molecule has 3 atom stereocenters. The molecule has 0 bridgehead atoms. The van der Waals surface area contributed by atoms with Crippen molar-refractivity contribution < 1.29 is 14.3 Å². The molecule has 2 aromatic heterocycles. The van der Waals surface area contributed by atoms with Crippen LogP contribution in [-0.4, -0.2) is 41.7 Å². The molecule has 0 aliphatic heterocycles. The number of amides is 2. The topological polar surface area (TPSA) is 89.4 Å². The first-order valence-corrected chi connectivity index (χ1v) is 11.3. The van der Waals surface area contributed by atoms with Gasteiger partial charge in [-0.15, -0.1) is 11.3 Å². The van der Waals surface area contributed by atoms with E-state index in [1.807, 2.05) is 0 Å². The summed E-state index contributed by atoms with van der Waals surface area (Å²) in [7, 11) is 1.62. The predicted molar refractivity (Wildman–Crippen MR) is 124 cm³/mol. The van der Waals surface area contributed by atoms with Gasteiger partial charge < -0.3 is 15.4 Å². The van der Waals surface area contributed by atoms with Gasteiger partial charge in [0.25, 0.3) is 17.4 Å². The molecule has 2 heterocycles. The minimum Gasteiger partial charge on any atom is -0.381 e. The van der Waals surface area contributed by atoms with Crippen LogP contribution < -0.4 is 16.2 Å². The third kappa shape index (κ3) is 4.93. The molecule has 9 heteroatoms. The van der Waals surface area contributed by atoms with Crippen LogP contribution in [0, 0.1) is 0 Å². The van der Waals surface area contributed by atoms with Gasteiger partial charge in [0.1, 0.15) is 0 Å². The van der Waals surface area contributed by atoms with Crippen LogP contribution in [0.15, 0.2) is 65.6 Å². The number of nitrogens with zero attached hydrogens (tertiary/aromatic N) is 1. The average Bonchev–Trinajstić information content (AvgIpc) is 3.40. The molecule has 0 radical (unpaired) electrons. The van der Waals surface area contributed by atoms with Crippen molar-refractivity contribution in [3.8, 4) is 5.69 Å². The molecule has 2 N–H and O–H groups in total. The molecular weight excluding hydrogens is 450 g/mol. The molecule has 0 saturated heterocycles. The summed E-state index contributed by atoms with van der Waals surface area (Å²) in [6, 6.07) is 14.5. The van der Waals surface area contributed by atoms with E-state index in [-0.39, 0.29) is 35.6 Å². The monoisotopic (exact) mass is 471 g/mol. The van der Waals surface area contributed by atoms with E-state index in [0.717, 1.165) is 0 Å². The highest BCUT2D eigenvalue weighted by Crippen LogP contribution is 2.25. The molecule has 166 valence electrons. The van der Waals surface area contributed by atoms with Gasteiger partial charge in [0, 0.05) is 30.6 Å². The quantitative estimate of drug-likeness (QED) is 0.577. The van der Waals surface area contributed by atoms with Crippen LogP contribution >= 0.6 is 22.9 Å². The number of pyridine rings is 1. The second-order valence-electron chi connectivity index (χ2n) is 7.55. The van der Waals surface area contributed by atoms with Gasteiger partial charge in [-0.25, -0.2) is 0 Å². The van der Waals surface area contributed by atoms with Crippen LogP contribution in [0.4, 0.5) is 0 Å². The molecule has 1 aliphatic carbocycles. The molecule has 1 aliphatic rings. The first-order chi connectivity index (χ1) is 15.4. The first-order valence-electron chi connectivity index (χ1n) is 10.1. The van der Waals surface area contributed by atoms with Crippen molar-refractivity contribution in [2.45, 2.75) is 31.0 Å². The van der Waals surface area contributed by atoms with Crippen LogP contribution in [0.25, 0.3) is 5.69 Å². The summed E-state index contributed by atoms with van der Waals surface area (Å²) in [5, 5.41) is 6.01.